The Morgan fingerprint density at radius 3 is 2.35 bits per heavy atom. The SMILES string of the molecule is COc1ccc(C(Cl)Cc2c(F)cccc2F)cc1C. The van der Waals surface area contributed by atoms with Gasteiger partial charge >= 0.3 is 0 Å². The Kier molecular flexibility index (Phi) is 4.61. The van der Waals surface area contributed by atoms with E-state index < -0.39 is 17.0 Å². The molecule has 0 aliphatic carbocycles. The van der Waals surface area contributed by atoms with E-state index in [0.717, 1.165) is 16.9 Å². The highest BCUT2D eigenvalue weighted by Crippen LogP contribution is 2.30. The Bertz CT molecular complexity index is 593. The van der Waals surface area contributed by atoms with Crippen molar-refractivity contribution in [3.05, 3.63) is 64.7 Å². The number of methoxy groups -OCH3 is 1. The van der Waals surface area contributed by atoms with E-state index in [1.54, 1.807) is 13.2 Å². The molecule has 0 aliphatic rings. The zero-order valence-electron chi connectivity index (χ0n) is 11.3. The molecule has 0 heterocycles. The lowest BCUT2D eigenvalue weighted by Gasteiger charge is -2.13. The summed E-state index contributed by atoms with van der Waals surface area (Å²) in [5.74, 6) is -0.378. The summed E-state index contributed by atoms with van der Waals surface area (Å²) in [6.07, 6.45) is 0.103. The van der Waals surface area contributed by atoms with Gasteiger partial charge in [-0.15, -0.1) is 11.6 Å². The minimum Gasteiger partial charge on any atom is -0.496 e. The molecule has 4 heteroatoms. The van der Waals surface area contributed by atoms with Crippen LogP contribution in [0.1, 0.15) is 22.1 Å². The monoisotopic (exact) mass is 296 g/mol. The number of rotatable bonds is 4. The molecule has 1 unspecified atom stereocenters. The van der Waals surface area contributed by atoms with Crippen LogP contribution in [0.4, 0.5) is 8.78 Å². The third-order valence-electron chi connectivity index (χ3n) is 3.23. The fourth-order valence-corrected chi connectivity index (χ4v) is 2.41. The van der Waals surface area contributed by atoms with Crippen LogP contribution in [0.15, 0.2) is 36.4 Å². The average molecular weight is 297 g/mol. The van der Waals surface area contributed by atoms with Gasteiger partial charge in [0.15, 0.2) is 0 Å². The number of halogens is 3. The Hall–Kier alpha value is -1.61. The van der Waals surface area contributed by atoms with Crippen LogP contribution in [0.5, 0.6) is 5.75 Å². The lowest BCUT2D eigenvalue weighted by atomic mass is 10.0. The number of hydrogen-bond donors (Lipinski definition) is 0. The number of benzene rings is 2. The molecule has 0 aromatic heterocycles. The maximum atomic E-state index is 13.6. The van der Waals surface area contributed by atoms with Crippen molar-refractivity contribution < 1.29 is 13.5 Å². The summed E-state index contributed by atoms with van der Waals surface area (Å²) < 4.78 is 32.4. The highest BCUT2D eigenvalue weighted by molar-refractivity contribution is 6.20. The molecule has 106 valence electrons. The van der Waals surface area contributed by atoms with Crippen molar-refractivity contribution >= 4 is 11.6 Å². The molecular formula is C16H15ClF2O. The normalized spacial score (nSPS) is 12.2. The molecule has 0 spiro atoms. The van der Waals surface area contributed by atoms with Crippen LogP contribution in [0.2, 0.25) is 0 Å². The van der Waals surface area contributed by atoms with Gasteiger partial charge < -0.3 is 4.74 Å². The van der Waals surface area contributed by atoms with E-state index in [9.17, 15) is 8.78 Å². The largest absolute Gasteiger partial charge is 0.496 e. The Morgan fingerprint density at radius 2 is 1.80 bits per heavy atom. The van der Waals surface area contributed by atoms with Crippen LogP contribution >= 0.6 is 11.6 Å². The zero-order valence-corrected chi connectivity index (χ0v) is 12.0. The van der Waals surface area contributed by atoms with Crippen LogP contribution in [0.3, 0.4) is 0 Å². The van der Waals surface area contributed by atoms with Crippen LogP contribution in [-0.4, -0.2) is 7.11 Å². The van der Waals surface area contributed by atoms with Gasteiger partial charge in [-0.25, -0.2) is 8.78 Å². The van der Waals surface area contributed by atoms with Gasteiger partial charge in [0.1, 0.15) is 17.4 Å². The van der Waals surface area contributed by atoms with Crippen LogP contribution in [-0.2, 0) is 6.42 Å². The molecule has 0 N–H and O–H groups in total. The first-order valence-corrected chi connectivity index (χ1v) is 6.68. The van der Waals surface area contributed by atoms with Crippen molar-refractivity contribution in [1.29, 1.82) is 0 Å². The highest BCUT2D eigenvalue weighted by Gasteiger charge is 2.16. The van der Waals surface area contributed by atoms with Crippen molar-refractivity contribution in [3.8, 4) is 5.75 Å². The summed E-state index contributed by atoms with van der Waals surface area (Å²) in [4.78, 5) is 0. The molecule has 2 aromatic carbocycles. The second-order valence-corrected chi connectivity index (χ2v) is 5.13. The lowest BCUT2D eigenvalue weighted by Crippen LogP contribution is -2.02. The lowest BCUT2D eigenvalue weighted by molar-refractivity contribution is 0.411. The molecule has 2 aromatic rings. The molecule has 20 heavy (non-hydrogen) atoms. The van der Waals surface area contributed by atoms with Crippen molar-refractivity contribution in [1.82, 2.24) is 0 Å². The summed E-state index contributed by atoms with van der Waals surface area (Å²) in [6, 6.07) is 9.30. The van der Waals surface area contributed by atoms with E-state index in [1.807, 2.05) is 19.1 Å². The minimum atomic E-state index is -0.569. The average Bonchev–Trinajstić information content (AvgIpc) is 2.42. The van der Waals surface area contributed by atoms with Crippen LogP contribution in [0, 0.1) is 18.6 Å². The predicted molar refractivity (Wildman–Crippen MR) is 76.4 cm³/mol. The first-order chi connectivity index (χ1) is 9.52. The van der Waals surface area contributed by atoms with Crippen molar-refractivity contribution in [3.63, 3.8) is 0 Å². The second-order valence-electron chi connectivity index (χ2n) is 4.60. The summed E-state index contributed by atoms with van der Waals surface area (Å²) in [5, 5.41) is -0.494. The third-order valence-corrected chi connectivity index (χ3v) is 3.63. The number of hydrogen-bond acceptors (Lipinski definition) is 1. The summed E-state index contributed by atoms with van der Waals surface area (Å²) in [7, 11) is 1.59. The van der Waals surface area contributed by atoms with E-state index in [4.69, 9.17) is 16.3 Å². The van der Waals surface area contributed by atoms with Crippen LogP contribution < -0.4 is 4.74 Å². The van der Waals surface area contributed by atoms with Gasteiger partial charge in [0.25, 0.3) is 0 Å². The minimum absolute atomic E-state index is 0.0148. The number of ether oxygens (including phenoxy) is 1. The molecule has 0 fully saturated rings. The molecule has 1 nitrogen and oxygen atoms in total. The molecule has 0 amide bonds. The fourth-order valence-electron chi connectivity index (χ4n) is 2.12. The van der Waals surface area contributed by atoms with Crippen LogP contribution in [0.25, 0.3) is 0 Å². The number of alkyl halides is 1. The quantitative estimate of drug-likeness (QED) is 0.736. The summed E-state index contributed by atoms with van der Waals surface area (Å²) in [6.45, 7) is 1.90. The fraction of sp³-hybridized carbons (Fsp3) is 0.250. The Balaban J connectivity index is 2.24. The highest BCUT2D eigenvalue weighted by atomic mass is 35.5. The molecule has 0 radical (unpaired) electrons. The summed E-state index contributed by atoms with van der Waals surface area (Å²) in [5.41, 5.74) is 1.76. The maximum absolute atomic E-state index is 13.6. The van der Waals surface area contributed by atoms with E-state index in [0.29, 0.717) is 0 Å². The Morgan fingerprint density at radius 1 is 1.15 bits per heavy atom. The first-order valence-electron chi connectivity index (χ1n) is 6.24. The van der Waals surface area contributed by atoms with Gasteiger partial charge in [-0.05, 0) is 42.7 Å². The van der Waals surface area contributed by atoms with E-state index in [2.05, 4.69) is 0 Å². The maximum Gasteiger partial charge on any atom is 0.129 e. The standard InChI is InChI=1S/C16H15ClF2O/c1-10-8-11(6-7-16(10)20-2)13(17)9-12-14(18)4-3-5-15(12)19/h3-8,13H,9H2,1-2H3. The smallest absolute Gasteiger partial charge is 0.129 e. The van der Waals surface area contributed by atoms with E-state index >= 15 is 0 Å². The van der Waals surface area contributed by atoms with E-state index in [-0.39, 0.29) is 12.0 Å². The second kappa shape index (κ2) is 6.23. The molecular weight excluding hydrogens is 282 g/mol. The van der Waals surface area contributed by atoms with Gasteiger partial charge in [0.2, 0.25) is 0 Å². The molecule has 0 bridgehead atoms. The molecule has 0 aliphatic heterocycles. The molecule has 0 saturated heterocycles. The molecule has 2 rings (SSSR count). The van der Waals surface area contributed by atoms with Gasteiger partial charge in [-0.1, -0.05) is 18.2 Å². The van der Waals surface area contributed by atoms with Gasteiger partial charge in [-0.3, -0.25) is 0 Å². The van der Waals surface area contributed by atoms with Crippen molar-refractivity contribution in [2.45, 2.75) is 18.7 Å². The first kappa shape index (κ1) is 14.8. The third kappa shape index (κ3) is 3.10. The molecule has 0 saturated carbocycles. The van der Waals surface area contributed by atoms with Crippen molar-refractivity contribution in [2.75, 3.05) is 7.11 Å². The van der Waals surface area contributed by atoms with Gasteiger partial charge in [-0.2, -0.15) is 0 Å². The zero-order chi connectivity index (χ0) is 14.7. The van der Waals surface area contributed by atoms with E-state index in [1.165, 1.54) is 18.2 Å². The number of aryl methyl sites for hydroxylation is 1. The summed E-state index contributed by atoms with van der Waals surface area (Å²) >= 11 is 6.28. The van der Waals surface area contributed by atoms with Crippen molar-refractivity contribution in [2.24, 2.45) is 0 Å². The Labute approximate surface area is 122 Å². The van der Waals surface area contributed by atoms with Gasteiger partial charge in [0.05, 0.1) is 12.5 Å². The molecule has 1 atom stereocenters. The predicted octanol–water partition coefficient (Wildman–Crippen LogP) is 4.80. The van der Waals surface area contributed by atoms with Gasteiger partial charge in [0, 0.05) is 5.56 Å². The topological polar surface area (TPSA) is 9.23 Å².